The summed E-state index contributed by atoms with van der Waals surface area (Å²) in [6.45, 7) is 2.20. The lowest BCUT2D eigenvalue weighted by molar-refractivity contribution is 0.0953. The smallest absolute Gasteiger partial charge is 0.271 e. The Bertz CT molecular complexity index is 740. The predicted molar refractivity (Wildman–Crippen MR) is 81.2 cm³/mol. The van der Waals surface area contributed by atoms with Crippen LogP contribution in [0, 0.1) is 0 Å². The number of phenols is 1. The van der Waals surface area contributed by atoms with Gasteiger partial charge < -0.3 is 10.4 Å². The maximum absolute atomic E-state index is 12.0. The first-order valence-corrected chi connectivity index (χ1v) is 8.48. The van der Waals surface area contributed by atoms with Crippen LogP contribution in [0.5, 0.6) is 5.75 Å². The van der Waals surface area contributed by atoms with Crippen LogP contribution in [0.2, 0.25) is 0 Å². The minimum absolute atomic E-state index is 0.0934. The number of rotatable bonds is 5. The molecule has 6 nitrogen and oxygen atoms in total. The first-order chi connectivity index (χ1) is 9.94. The van der Waals surface area contributed by atoms with Crippen LogP contribution in [0.25, 0.3) is 0 Å². The molecule has 1 heterocycles. The monoisotopic (exact) mass is 326 g/mol. The van der Waals surface area contributed by atoms with Gasteiger partial charge in [-0.05, 0) is 30.5 Å². The van der Waals surface area contributed by atoms with E-state index in [1.165, 1.54) is 24.3 Å². The van der Waals surface area contributed by atoms with Gasteiger partial charge in [0.2, 0.25) is 0 Å². The highest BCUT2D eigenvalue weighted by Gasteiger charge is 2.17. The quantitative estimate of drug-likeness (QED) is 0.783. The first kappa shape index (κ1) is 15.3. The molecule has 112 valence electrons. The van der Waals surface area contributed by atoms with Crippen molar-refractivity contribution in [3.8, 4) is 5.75 Å². The fourth-order valence-electron chi connectivity index (χ4n) is 1.66. The molecule has 0 aliphatic rings. The molecule has 0 fully saturated rings. The molecule has 1 amide bonds. The van der Waals surface area contributed by atoms with E-state index in [4.69, 9.17) is 0 Å². The summed E-state index contributed by atoms with van der Waals surface area (Å²) in [6.07, 6.45) is 0. The summed E-state index contributed by atoms with van der Waals surface area (Å²) >= 11 is 1.09. The second-order valence-electron chi connectivity index (χ2n) is 4.13. The summed E-state index contributed by atoms with van der Waals surface area (Å²) in [6, 6.07) is 7.11. The third kappa shape index (κ3) is 3.53. The first-order valence-electron chi connectivity index (χ1n) is 6.11. The van der Waals surface area contributed by atoms with Gasteiger partial charge in [-0.2, -0.15) is 0 Å². The molecule has 8 heteroatoms. The van der Waals surface area contributed by atoms with Gasteiger partial charge in [0.15, 0.2) is 0 Å². The van der Waals surface area contributed by atoms with Gasteiger partial charge in [-0.3, -0.25) is 9.52 Å². The molecule has 0 saturated carbocycles. The Morgan fingerprint density at radius 1 is 1.33 bits per heavy atom. The molecule has 2 rings (SSSR count). The number of carbonyl (C=O) groups excluding carboxylic acids is 1. The van der Waals surface area contributed by atoms with E-state index in [0.717, 1.165) is 11.3 Å². The van der Waals surface area contributed by atoms with Gasteiger partial charge in [0.05, 0.1) is 11.3 Å². The van der Waals surface area contributed by atoms with Crippen molar-refractivity contribution >= 4 is 33.0 Å². The molecule has 3 N–H and O–H groups in total. The van der Waals surface area contributed by atoms with Crippen LogP contribution in [-0.4, -0.2) is 26.0 Å². The maximum atomic E-state index is 12.0. The third-order valence-corrected chi connectivity index (χ3v) is 5.37. The largest absolute Gasteiger partial charge is 0.507 e. The number of carbonyl (C=O) groups is 1. The summed E-state index contributed by atoms with van der Waals surface area (Å²) in [5.41, 5.74) is 0.282. The van der Waals surface area contributed by atoms with Gasteiger partial charge in [-0.1, -0.05) is 6.07 Å². The lowest BCUT2D eigenvalue weighted by Crippen LogP contribution is -2.22. The lowest BCUT2D eigenvalue weighted by Gasteiger charge is -2.09. The number of benzene rings is 1. The molecule has 21 heavy (non-hydrogen) atoms. The molecule has 0 bridgehead atoms. The molecule has 0 radical (unpaired) electrons. The number of aromatic hydroxyl groups is 1. The zero-order valence-electron chi connectivity index (χ0n) is 11.2. The van der Waals surface area contributed by atoms with Gasteiger partial charge in [0, 0.05) is 12.6 Å². The number of anilines is 1. The fourth-order valence-corrected chi connectivity index (χ4v) is 3.71. The van der Waals surface area contributed by atoms with Crippen molar-refractivity contribution in [3.05, 3.63) is 41.3 Å². The molecule has 0 aliphatic carbocycles. The molecule has 1 aromatic heterocycles. The van der Waals surface area contributed by atoms with E-state index in [9.17, 15) is 18.3 Å². The predicted octanol–water partition coefficient (Wildman–Crippen LogP) is 2.00. The summed E-state index contributed by atoms with van der Waals surface area (Å²) in [4.78, 5) is 11.6. The summed E-state index contributed by atoms with van der Waals surface area (Å²) in [5, 5.41) is 14.0. The minimum Gasteiger partial charge on any atom is -0.507 e. The number of nitrogens with one attached hydrogen (secondary N) is 2. The van der Waals surface area contributed by atoms with Gasteiger partial charge in [0.1, 0.15) is 9.96 Å². The van der Waals surface area contributed by atoms with E-state index in [0.29, 0.717) is 6.54 Å². The minimum atomic E-state index is -3.67. The van der Waals surface area contributed by atoms with E-state index >= 15 is 0 Å². The van der Waals surface area contributed by atoms with Crippen LogP contribution in [0.4, 0.5) is 5.69 Å². The number of amides is 1. The molecule has 0 saturated heterocycles. The fraction of sp³-hybridized carbons (Fsp3) is 0.154. The molecule has 0 atom stereocenters. The maximum Gasteiger partial charge on any atom is 0.271 e. The van der Waals surface area contributed by atoms with Crippen molar-refractivity contribution in [1.29, 1.82) is 0 Å². The SMILES string of the molecule is CCNC(=O)c1ccc(NS(=O)(=O)c2cccs2)cc1O. The topological polar surface area (TPSA) is 95.5 Å². The van der Waals surface area contributed by atoms with Crippen LogP contribution in [-0.2, 0) is 10.0 Å². The average Bonchev–Trinajstić information content (AvgIpc) is 2.93. The van der Waals surface area contributed by atoms with Gasteiger partial charge in [0.25, 0.3) is 15.9 Å². The highest BCUT2D eigenvalue weighted by Crippen LogP contribution is 2.25. The Hall–Kier alpha value is -2.06. The van der Waals surface area contributed by atoms with Gasteiger partial charge in [-0.15, -0.1) is 11.3 Å². The van der Waals surface area contributed by atoms with Crippen LogP contribution < -0.4 is 10.0 Å². The van der Waals surface area contributed by atoms with Crippen LogP contribution >= 0.6 is 11.3 Å². The van der Waals surface area contributed by atoms with Crippen LogP contribution in [0.15, 0.2) is 39.9 Å². The number of hydrogen-bond acceptors (Lipinski definition) is 5. The standard InChI is InChI=1S/C13H14N2O4S2/c1-2-14-13(17)10-6-5-9(8-11(10)16)15-21(18,19)12-4-3-7-20-12/h3-8,15-16H,2H2,1H3,(H,14,17). The van der Waals surface area contributed by atoms with E-state index in [2.05, 4.69) is 10.0 Å². The molecular formula is C13H14N2O4S2. The molecule has 0 spiro atoms. The Labute approximate surface area is 126 Å². The van der Waals surface area contributed by atoms with E-state index in [1.807, 2.05) is 0 Å². The molecule has 0 aliphatic heterocycles. The number of thiophene rings is 1. The Morgan fingerprint density at radius 3 is 2.67 bits per heavy atom. The lowest BCUT2D eigenvalue weighted by atomic mass is 10.1. The van der Waals surface area contributed by atoms with Crippen molar-refractivity contribution < 1.29 is 18.3 Å². The molecule has 2 aromatic rings. The van der Waals surface area contributed by atoms with E-state index in [1.54, 1.807) is 18.4 Å². The highest BCUT2D eigenvalue weighted by atomic mass is 32.2. The van der Waals surface area contributed by atoms with Crippen LogP contribution in [0.3, 0.4) is 0 Å². The zero-order valence-corrected chi connectivity index (χ0v) is 12.8. The third-order valence-electron chi connectivity index (χ3n) is 2.59. The second-order valence-corrected chi connectivity index (χ2v) is 6.99. The number of hydrogen-bond donors (Lipinski definition) is 3. The second kappa shape index (κ2) is 6.15. The molecular weight excluding hydrogens is 312 g/mol. The van der Waals surface area contributed by atoms with Gasteiger partial charge >= 0.3 is 0 Å². The van der Waals surface area contributed by atoms with E-state index < -0.39 is 15.9 Å². The van der Waals surface area contributed by atoms with Crippen molar-refractivity contribution in [1.82, 2.24) is 5.32 Å². The average molecular weight is 326 g/mol. The highest BCUT2D eigenvalue weighted by molar-refractivity contribution is 7.94. The summed E-state index contributed by atoms with van der Waals surface area (Å²) in [7, 11) is -3.67. The number of sulfonamides is 1. The van der Waals surface area contributed by atoms with Crippen molar-refractivity contribution in [3.63, 3.8) is 0 Å². The molecule has 0 unspecified atom stereocenters. The van der Waals surface area contributed by atoms with Crippen LogP contribution in [0.1, 0.15) is 17.3 Å². The Balaban J connectivity index is 2.23. The van der Waals surface area contributed by atoms with Crippen molar-refractivity contribution in [2.75, 3.05) is 11.3 Å². The Morgan fingerprint density at radius 2 is 2.10 bits per heavy atom. The zero-order chi connectivity index (χ0) is 15.5. The van der Waals surface area contributed by atoms with Crippen molar-refractivity contribution in [2.24, 2.45) is 0 Å². The summed E-state index contributed by atoms with van der Waals surface area (Å²) in [5.74, 6) is -0.699. The number of phenolic OH excluding ortho intramolecular Hbond substituents is 1. The summed E-state index contributed by atoms with van der Waals surface area (Å²) < 4.78 is 26.6. The normalized spacial score (nSPS) is 11.1. The van der Waals surface area contributed by atoms with Gasteiger partial charge in [-0.25, -0.2) is 8.42 Å². The molecule has 1 aromatic carbocycles. The van der Waals surface area contributed by atoms with E-state index in [-0.39, 0.29) is 21.2 Å². The van der Waals surface area contributed by atoms with Crippen molar-refractivity contribution in [2.45, 2.75) is 11.1 Å². The Kier molecular flexibility index (Phi) is 4.49.